The van der Waals surface area contributed by atoms with Crippen molar-refractivity contribution in [3.63, 3.8) is 0 Å². The fourth-order valence-electron chi connectivity index (χ4n) is 1.14. The van der Waals surface area contributed by atoms with Gasteiger partial charge in [-0.2, -0.15) is 0 Å². The molecule has 96 valence electrons. The minimum Gasteiger partial charge on any atom is -0.459 e. The van der Waals surface area contributed by atoms with Crippen molar-refractivity contribution in [3.8, 4) is 0 Å². The number of aromatic nitrogens is 1. The first-order chi connectivity index (χ1) is 7.84. The smallest absolute Gasteiger partial charge is 0.311 e. The molecule has 1 aromatic rings. The van der Waals surface area contributed by atoms with Crippen molar-refractivity contribution in [2.75, 3.05) is 11.9 Å². The lowest BCUT2D eigenvalue weighted by molar-refractivity contribution is -0.154. The van der Waals surface area contributed by atoms with E-state index in [1.54, 1.807) is 0 Å². The first-order valence-electron chi connectivity index (χ1n) is 5.72. The van der Waals surface area contributed by atoms with Gasteiger partial charge in [0.1, 0.15) is 6.61 Å². The van der Waals surface area contributed by atoms with E-state index in [0.717, 1.165) is 22.2 Å². The van der Waals surface area contributed by atoms with Gasteiger partial charge in [0, 0.05) is 6.54 Å². The van der Waals surface area contributed by atoms with Gasteiger partial charge in [0.2, 0.25) is 0 Å². The third-order valence-corrected chi connectivity index (χ3v) is 3.26. The fourth-order valence-corrected chi connectivity index (χ4v) is 2.08. The van der Waals surface area contributed by atoms with Crippen LogP contribution in [0.5, 0.6) is 0 Å². The highest BCUT2D eigenvalue weighted by atomic mass is 32.1. The Labute approximate surface area is 106 Å². The number of ether oxygens (including phenoxy) is 1. The molecule has 0 aromatic carbocycles. The number of carbonyl (C=O) groups excluding carboxylic acids is 1. The van der Waals surface area contributed by atoms with E-state index >= 15 is 0 Å². The Kier molecular flexibility index (Phi) is 4.51. The number of aryl methyl sites for hydroxylation is 1. The van der Waals surface area contributed by atoms with E-state index < -0.39 is 5.41 Å². The normalized spacial score (nSPS) is 11.4. The first-order valence-corrected chi connectivity index (χ1v) is 6.53. The van der Waals surface area contributed by atoms with Crippen LogP contribution >= 0.6 is 11.3 Å². The van der Waals surface area contributed by atoms with Gasteiger partial charge in [-0.25, -0.2) is 4.98 Å². The molecule has 0 fully saturated rings. The summed E-state index contributed by atoms with van der Waals surface area (Å²) >= 11 is 1.54. The molecule has 1 N–H and O–H groups in total. The van der Waals surface area contributed by atoms with Crippen LogP contribution in [0, 0.1) is 12.3 Å². The summed E-state index contributed by atoms with van der Waals surface area (Å²) in [7, 11) is 0. The van der Waals surface area contributed by atoms with Gasteiger partial charge in [-0.15, -0.1) is 0 Å². The van der Waals surface area contributed by atoms with Crippen molar-refractivity contribution in [2.45, 2.75) is 41.2 Å². The Morgan fingerprint density at radius 3 is 2.65 bits per heavy atom. The molecule has 0 aliphatic rings. The molecule has 0 spiro atoms. The Hall–Kier alpha value is -1.10. The number of rotatable bonds is 4. The molecular formula is C12H20N2O2S. The van der Waals surface area contributed by atoms with Gasteiger partial charge in [-0.1, -0.05) is 11.3 Å². The summed E-state index contributed by atoms with van der Waals surface area (Å²) in [4.78, 5) is 17.0. The summed E-state index contributed by atoms with van der Waals surface area (Å²) in [5.74, 6) is -0.185. The van der Waals surface area contributed by atoms with Crippen LogP contribution in [0.2, 0.25) is 0 Å². The number of hydrogen-bond donors (Lipinski definition) is 1. The lowest BCUT2D eigenvalue weighted by Gasteiger charge is -2.16. The highest BCUT2D eigenvalue weighted by Crippen LogP contribution is 2.24. The summed E-state index contributed by atoms with van der Waals surface area (Å²) in [5, 5.41) is 4.03. The number of carbonyl (C=O) groups is 1. The average Bonchev–Trinajstić information content (AvgIpc) is 2.54. The number of nitrogens with one attached hydrogen (secondary N) is 1. The molecule has 0 amide bonds. The van der Waals surface area contributed by atoms with Crippen LogP contribution in [0.25, 0.3) is 0 Å². The number of hydrogen-bond acceptors (Lipinski definition) is 5. The molecule has 17 heavy (non-hydrogen) atoms. The zero-order valence-corrected chi connectivity index (χ0v) is 11.9. The summed E-state index contributed by atoms with van der Waals surface area (Å²) in [5.41, 5.74) is 0.468. The summed E-state index contributed by atoms with van der Waals surface area (Å²) < 4.78 is 5.27. The Balaban J connectivity index is 2.60. The summed E-state index contributed by atoms with van der Waals surface area (Å²) in [6.07, 6.45) is 0. The molecule has 0 atom stereocenters. The molecule has 0 aliphatic heterocycles. The van der Waals surface area contributed by atoms with E-state index in [1.165, 1.54) is 11.3 Å². The second-order valence-electron chi connectivity index (χ2n) is 4.88. The van der Waals surface area contributed by atoms with E-state index in [0.29, 0.717) is 6.61 Å². The number of esters is 1. The van der Waals surface area contributed by atoms with Gasteiger partial charge in [-0.3, -0.25) is 4.79 Å². The SMILES string of the molecule is CCNc1nc(C)c(COC(=O)C(C)(C)C)s1. The predicted octanol–water partition coefficient (Wildman–Crippen LogP) is 2.97. The monoisotopic (exact) mass is 256 g/mol. The minimum atomic E-state index is -0.455. The van der Waals surface area contributed by atoms with Gasteiger partial charge >= 0.3 is 5.97 Å². The molecule has 0 radical (unpaired) electrons. The fraction of sp³-hybridized carbons (Fsp3) is 0.667. The Morgan fingerprint density at radius 1 is 1.47 bits per heavy atom. The van der Waals surface area contributed by atoms with E-state index in [-0.39, 0.29) is 5.97 Å². The third kappa shape index (κ3) is 4.00. The topological polar surface area (TPSA) is 51.2 Å². The van der Waals surface area contributed by atoms with Crippen LogP contribution in [0.3, 0.4) is 0 Å². The average molecular weight is 256 g/mol. The predicted molar refractivity (Wildman–Crippen MR) is 70.3 cm³/mol. The standard InChI is InChI=1S/C12H20N2O2S/c1-6-13-11-14-8(2)9(17-11)7-16-10(15)12(3,4)5/h6-7H2,1-5H3,(H,13,14). The minimum absolute atomic E-state index is 0.185. The highest BCUT2D eigenvalue weighted by molar-refractivity contribution is 7.15. The summed E-state index contributed by atoms with van der Waals surface area (Å²) in [6.45, 7) is 10.6. The maximum absolute atomic E-state index is 11.6. The zero-order valence-electron chi connectivity index (χ0n) is 11.1. The van der Waals surface area contributed by atoms with Gasteiger partial charge < -0.3 is 10.1 Å². The van der Waals surface area contributed by atoms with Crippen molar-refractivity contribution < 1.29 is 9.53 Å². The largest absolute Gasteiger partial charge is 0.459 e. The number of anilines is 1. The zero-order chi connectivity index (χ0) is 13.1. The molecule has 0 aliphatic carbocycles. The summed E-state index contributed by atoms with van der Waals surface area (Å²) in [6, 6.07) is 0. The molecule has 1 rings (SSSR count). The maximum atomic E-state index is 11.6. The maximum Gasteiger partial charge on any atom is 0.311 e. The molecule has 4 nitrogen and oxygen atoms in total. The number of nitrogens with zero attached hydrogens (tertiary/aromatic N) is 1. The van der Waals surface area contributed by atoms with Crippen LogP contribution in [0.1, 0.15) is 38.3 Å². The first kappa shape index (κ1) is 14.0. The Morgan fingerprint density at radius 2 is 2.12 bits per heavy atom. The van der Waals surface area contributed by atoms with Gasteiger partial charge in [-0.05, 0) is 34.6 Å². The van der Waals surface area contributed by atoms with E-state index in [2.05, 4.69) is 10.3 Å². The van der Waals surface area contributed by atoms with Crippen LogP contribution in [0.4, 0.5) is 5.13 Å². The van der Waals surface area contributed by atoms with E-state index in [4.69, 9.17) is 4.74 Å². The highest BCUT2D eigenvalue weighted by Gasteiger charge is 2.23. The molecular weight excluding hydrogens is 236 g/mol. The molecule has 0 unspecified atom stereocenters. The molecule has 1 heterocycles. The number of thiazole rings is 1. The second-order valence-corrected chi connectivity index (χ2v) is 5.97. The molecule has 0 saturated carbocycles. The lowest BCUT2D eigenvalue weighted by Crippen LogP contribution is -2.22. The van der Waals surface area contributed by atoms with Crippen molar-refractivity contribution in [1.29, 1.82) is 0 Å². The van der Waals surface area contributed by atoms with E-state index in [1.807, 2.05) is 34.6 Å². The molecule has 0 bridgehead atoms. The van der Waals surface area contributed by atoms with Crippen molar-refractivity contribution in [1.82, 2.24) is 4.98 Å². The van der Waals surface area contributed by atoms with Crippen LogP contribution in [-0.4, -0.2) is 17.5 Å². The van der Waals surface area contributed by atoms with Crippen molar-refractivity contribution >= 4 is 22.4 Å². The van der Waals surface area contributed by atoms with Crippen LogP contribution in [-0.2, 0) is 16.1 Å². The quantitative estimate of drug-likeness (QED) is 0.841. The van der Waals surface area contributed by atoms with Gasteiger partial charge in [0.05, 0.1) is 16.0 Å². The van der Waals surface area contributed by atoms with Crippen molar-refractivity contribution in [2.24, 2.45) is 5.41 Å². The van der Waals surface area contributed by atoms with E-state index in [9.17, 15) is 4.79 Å². The molecule has 1 aromatic heterocycles. The van der Waals surface area contributed by atoms with Gasteiger partial charge in [0.15, 0.2) is 5.13 Å². The molecule has 0 saturated heterocycles. The second kappa shape index (κ2) is 5.49. The van der Waals surface area contributed by atoms with Crippen LogP contribution < -0.4 is 5.32 Å². The molecule has 5 heteroatoms. The third-order valence-electron chi connectivity index (χ3n) is 2.17. The van der Waals surface area contributed by atoms with Gasteiger partial charge in [0.25, 0.3) is 0 Å². The lowest BCUT2D eigenvalue weighted by atomic mass is 9.97. The van der Waals surface area contributed by atoms with Crippen LogP contribution in [0.15, 0.2) is 0 Å². The Bertz CT molecular complexity index is 394. The van der Waals surface area contributed by atoms with Crippen molar-refractivity contribution in [3.05, 3.63) is 10.6 Å².